The number of nitrogens with one attached hydrogen (secondary N) is 1. The molecule has 2 unspecified atom stereocenters. The first kappa shape index (κ1) is 25.0. The highest BCUT2D eigenvalue weighted by molar-refractivity contribution is 7.39. The van der Waals surface area contributed by atoms with E-state index in [-0.39, 0.29) is 35.3 Å². The topological polar surface area (TPSA) is 111 Å². The summed E-state index contributed by atoms with van der Waals surface area (Å²) in [5.41, 5.74) is 0.175. The van der Waals surface area contributed by atoms with Gasteiger partial charge in [0, 0.05) is 24.2 Å². The molecule has 0 spiro atoms. The number of rotatable bonds is 9. The van der Waals surface area contributed by atoms with Gasteiger partial charge in [0.1, 0.15) is 18.1 Å². The minimum Gasteiger partial charge on any atom is -0.610 e. The highest BCUT2D eigenvalue weighted by Crippen LogP contribution is 2.53. The van der Waals surface area contributed by atoms with Crippen LogP contribution < -0.4 is 10.2 Å². The first-order valence-electron chi connectivity index (χ1n) is 10.9. The van der Waals surface area contributed by atoms with Gasteiger partial charge in [0.05, 0.1) is 10.6 Å². The summed E-state index contributed by atoms with van der Waals surface area (Å²) in [6, 6.07) is 4.52. The van der Waals surface area contributed by atoms with Gasteiger partial charge in [-0.2, -0.15) is 0 Å². The molecule has 1 amide bonds. The quantitative estimate of drug-likeness (QED) is 0.307. The molecule has 10 heteroatoms. The zero-order valence-corrected chi connectivity index (χ0v) is 19.8. The van der Waals surface area contributed by atoms with Gasteiger partial charge in [-0.1, -0.05) is 24.6 Å². The minimum atomic E-state index is -2.06. The van der Waals surface area contributed by atoms with Crippen molar-refractivity contribution in [1.29, 1.82) is 0 Å². The van der Waals surface area contributed by atoms with Crippen LogP contribution in [0.3, 0.4) is 0 Å². The average molecular weight is 487 g/mol. The first-order valence-corrected chi connectivity index (χ1v) is 12.7. The SMILES string of the molecule is CC12CCC(NC(=O)CCc3ccc(Cl)c(F)c3)(CC1)C(OC(=O)CCC[P+]([O-])=NO)C2. The molecule has 0 aliphatic heterocycles. The van der Waals surface area contributed by atoms with Crippen LogP contribution in [0.15, 0.2) is 23.1 Å². The molecule has 1 aromatic carbocycles. The van der Waals surface area contributed by atoms with Gasteiger partial charge in [-0.15, -0.1) is 0 Å². The number of hydrogen-bond donors (Lipinski definition) is 2. The summed E-state index contributed by atoms with van der Waals surface area (Å²) in [5.74, 6) is -1.07. The lowest BCUT2D eigenvalue weighted by Crippen LogP contribution is -2.65. The molecule has 0 saturated heterocycles. The van der Waals surface area contributed by atoms with Crippen LogP contribution in [0.4, 0.5) is 4.39 Å². The number of hydrogen-bond acceptors (Lipinski definition) is 5. The third-order valence-corrected chi connectivity index (χ3v) is 7.97. The van der Waals surface area contributed by atoms with Crippen LogP contribution in [0.1, 0.15) is 63.9 Å². The Morgan fingerprint density at radius 2 is 2.06 bits per heavy atom. The van der Waals surface area contributed by atoms with Crippen molar-refractivity contribution in [1.82, 2.24) is 5.32 Å². The summed E-state index contributed by atoms with van der Waals surface area (Å²) in [5, 5.41) is 11.7. The summed E-state index contributed by atoms with van der Waals surface area (Å²) in [7, 11) is -2.06. The summed E-state index contributed by atoms with van der Waals surface area (Å²) in [6.45, 7) is 2.18. The van der Waals surface area contributed by atoms with E-state index in [4.69, 9.17) is 21.5 Å². The molecule has 3 saturated carbocycles. The molecule has 0 radical (unpaired) electrons. The number of benzene rings is 1. The Bertz CT molecular complexity index is 889. The Hall–Kier alpha value is -1.60. The molecule has 7 nitrogen and oxygen atoms in total. The Morgan fingerprint density at radius 1 is 1.34 bits per heavy atom. The maximum absolute atomic E-state index is 13.6. The number of ether oxygens (including phenoxy) is 1. The minimum absolute atomic E-state index is 0.0480. The molecule has 3 aliphatic carbocycles. The van der Waals surface area contributed by atoms with Crippen LogP contribution >= 0.6 is 19.5 Å². The molecule has 0 aromatic heterocycles. The van der Waals surface area contributed by atoms with Crippen molar-refractivity contribution in [3.8, 4) is 0 Å². The van der Waals surface area contributed by atoms with Gasteiger partial charge in [0.25, 0.3) is 0 Å². The molecule has 4 rings (SSSR count). The van der Waals surface area contributed by atoms with Crippen LogP contribution in [0, 0.1) is 11.2 Å². The van der Waals surface area contributed by atoms with Crippen molar-refractivity contribution in [2.45, 2.75) is 76.4 Å². The lowest BCUT2D eigenvalue weighted by molar-refractivity contribution is -0.169. The predicted octanol–water partition coefficient (Wildman–Crippen LogP) is 4.27. The Morgan fingerprint density at radius 3 is 2.72 bits per heavy atom. The van der Waals surface area contributed by atoms with Crippen molar-refractivity contribution < 1.29 is 28.8 Å². The van der Waals surface area contributed by atoms with E-state index in [0.717, 1.165) is 25.7 Å². The number of aryl methyl sites for hydroxylation is 1. The Kier molecular flexibility index (Phi) is 8.26. The standard InChI is InChI=1S/C22H29ClFN2O5P/c1-21-8-10-22(11-9-21,18(14-21)31-20(28)3-2-12-32(30)26-29)25-19(27)7-5-15-4-6-16(23)17(24)13-15/h4,6,13,18,29H,2-3,5,7-12,14H2,1H3,(H,25,27). The van der Waals surface area contributed by atoms with Gasteiger partial charge in [0.2, 0.25) is 13.8 Å². The summed E-state index contributed by atoms with van der Waals surface area (Å²) < 4.78 is 19.4. The molecule has 0 heterocycles. The Balaban J connectivity index is 1.59. The van der Waals surface area contributed by atoms with Gasteiger partial charge in [0.15, 0.2) is 0 Å². The van der Waals surface area contributed by atoms with Gasteiger partial charge >= 0.3 is 5.97 Å². The van der Waals surface area contributed by atoms with E-state index in [2.05, 4.69) is 17.1 Å². The zero-order valence-electron chi connectivity index (χ0n) is 18.1. The molecule has 2 bridgehead atoms. The monoisotopic (exact) mass is 486 g/mol. The molecule has 32 heavy (non-hydrogen) atoms. The number of nitrogens with zero attached hydrogens (tertiary/aromatic N) is 1. The lowest BCUT2D eigenvalue weighted by atomic mass is 9.56. The fourth-order valence-electron chi connectivity index (χ4n) is 4.74. The van der Waals surface area contributed by atoms with Crippen LogP contribution in [-0.2, 0) is 20.7 Å². The van der Waals surface area contributed by atoms with Gasteiger partial charge in [-0.05, 0) is 61.6 Å². The second-order valence-corrected chi connectivity index (χ2v) is 11.0. The van der Waals surface area contributed by atoms with Crippen molar-refractivity contribution in [3.63, 3.8) is 0 Å². The van der Waals surface area contributed by atoms with E-state index in [0.29, 0.717) is 24.8 Å². The third kappa shape index (κ3) is 6.25. The number of halogens is 2. The van der Waals surface area contributed by atoms with E-state index in [1.165, 1.54) is 12.1 Å². The van der Waals surface area contributed by atoms with Crippen molar-refractivity contribution in [3.05, 3.63) is 34.6 Å². The van der Waals surface area contributed by atoms with Gasteiger partial charge in [-0.3, -0.25) is 9.59 Å². The van der Waals surface area contributed by atoms with E-state index in [9.17, 15) is 18.9 Å². The van der Waals surface area contributed by atoms with E-state index >= 15 is 0 Å². The summed E-state index contributed by atoms with van der Waals surface area (Å²) >= 11 is 5.71. The first-order chi connectivity index (χ1) is 15.1. The van der Waals surface area contributed by atoms with Crippen molar-refractivity contribution in [2.75, 3.05) is 6.16 Å². The molecule has 3 fully saturated rings. The maximum atomic E-state index is 13.6. The third-order valence-electron chi connectivity index (χ3n) is 6.76. The van der Waals surface area contributed by atoms with Crippen LogP contribution in [0.25, 0.3) is 0 Å². The molecular weight excluding hydrogens is 458 g/mol. The number of fused-ring (bicyclic) bond motifs is 3. The molecule has 2 N–H and O–H groups in total. The number of carbonyl (C=O) groups excluding carboxylic acids is 2. The van der Waals surface area contributed by atoms with E-state index in [1.54, 1.807) is 6.07 Å². The fraction of sp³-hybridized carbons (Fsp3) is 0.636. The molecule has 176 valence electrons. The van der Waals surface area contributed by atoms with Gasteiger partial charge in [-0.25, -0.2) is 9.60 Å². The highest BCUT2D eigenvalue weighted by Gasteiger charge is 2.55. The largest absolute Gasteiger partial charge is 0.610 e. The van der Waals surface area contributed by atoms with Crippen molar-refractivity contribution >= 4 is 31.4 Å². The fourth-order valence-corrected chi connectivity index (χ4v) is 5.38. The van der Waals surface area contributed by atoms with Crippen molar-refractivity contribution in [2.24, 2.45) is 10.3 Å². The van der Waals surface area contributed by atoms with Gasteiger partial charge < -0.3 is 14.9 Å². The zero-order chi connectivity index (χ0) is 23.4. The summed E-state index contributed by atoms with van der Waals surface area (Å²) in [4.78, 5) is 39.1. The average Bonchev–Trinajstić information content (AvgIpc) is 2.75. The molecular formula is C22H29ClFN2O5P. The summed E-state index contributed by atoms with van der Waals surface area (Å²) in [6.07, 6.45) is 4.70. The smallest absolute Gasteiger partial charge is 0.306 e. The van der Waals surface area contributed by atoms with Crippen LogP contribution in [0.2, 0.25) is 5.02 Å². The lowest BCUT2D eigenvalue weighted by Gasteiger charge is -2.56. The maximum Gasteiger partial charge on any atom is 0.306 e. The second kappa shape index (κ2) is 10.6. The molecule has 2 atom stereocenters. The normalized spacial score (nSPS) is 27.3. The van der Waals surface area contributed by atoms with Crippen LogP contribution in [0.5, 0.6) is 0 Å². The predicted molar refractivity (Wildman–Crippen MR) is 117 cm³/mol. The van der Waals surface area contributed by atoms with Crippen LogP contribution in [-0.4, -0.2) is 34.9 Å². The second-order valence-electron chi connectivity index (χ2n) is 9.21. The highest BCUT2D eigenvalue weighted by atomic mass is 35.5. The molecule has 1 aromatic rings. The number of amides is 1. The van der Waals surface area contributed by atoms with E-state index in [1.807, 2.05) is 0 Å². The Labute approximate surface area is 193 Å². The van der Waals surface area contributed by atoms with E-state index < -0.39 is 31.4 Å². The number of esters is 1. The molecule has 3 aliphatic rings. The number of carbonyl (C=O) groups is 2.